The molecule has 3 aromatic rings. The van der Waals surface area contributed by atoms with Crippen LogP contribution in [0.5, 0.6) is 0 Å². The van der Waals surface area contributed by atoms with E-state index in [0.717, 1.165) is 44.5 Å². The first-order valence-corrected chi connectivity index (χ1v) is 10.3. The summed E-state index contributed by atoms with van der Waals surface area (Å²) < 4.78 is 0. The zero-order chi connectivity index (χ0) is 22.8. The Morgan fingerprint density at radius 1 is 0.531 bits per heavy atom. The highest BCUT2D eigenvalue weighted by molar-refractivity contribution is 5.76. The van der Waals surface area contributed by atoms with Gasteiger partial charge >= 0.3 is 0 Å². The van der Waals surface area contributed by atoms with E-state index in [0.29, 0.717) is 13.1 Å². The summed E-state index contributed by atoms with van der Waals surface area (Å²) in [6, 6.07) is 20.7. The molecule has 0 saturated heterocycles. The summed E-state index contributed by atoms with van der Waals surface area (Å²) in [5, 5.41) is 0. The van der Waals surface area contributed by atoms with Crippen molar-refractivity contribution < 1.29 is 0 Å². The molecule has 0 saturated carbocycles. The van der Waals surface area contributed by atoms with E-state index in [1.165, 1.54) is 0 Å². The van der Waals surface area contributed by atoms with Crippen molar-refractivity contribution in [2.24, 2.45) is 11.5 Å². The largest absolute Gasteiger partial charge is 0.320 e. The van der Waals surface area contributed by atoms with Crippen LogP contribution in [0.3, 0.4) is 0 Å². The molecular formula is C30H24N2. The molecule has 0 spiro atoms. The minimum atomic E-state index is 0.320. The van der Waals surface area contributed by atoms with E-state index in [1.54, 1.807) is 0 Å². The topological polar surface area (TPSA) is 52.0 Å². The predicted octanol–water partition coefficient (Wildman–Crippen LogP) is 4.38. The van der Waals surface area contributed by atoms with Crippen LogP contribution in [0.1, 0.15) is 36.1 Å². The van der Waals surface area contributed by atoms with Crippen molar-refractivity contribution in [1.29, 1.82) is 0 Å². The van der Waals surface area contributed by atoms with Gasteiger partial charge in [0.25, 0.3) is 0 Å². The number of hydrogen-bond acceptors (Lipinski definition) is 2. The SMILES string of the molecule is CC#Cc1cc(C#CCN)cc(-c2cccc(-c3cc(C#CC)cc(C#CCN)c3)c2)c1. The number of rotatable bonds is 2. The Balaban J connectivity index is 2.13. The van der Waals surface area contributed by atoms with E-state index in [2.05, 4.69) is 95.9 Å². The quantitative estimate of drug-likeness (QED) is 0.614. The molecule has 0 fully saturated rings. The monoisotopic (exact) mass is 412 g/mol. The van der Waals surface area contributed by atoms with Crippen molar-refractivity contribution in [3.05, 3.63) is 82.9 Å². The first kappa shape index (κ1) is 22.5. The zero-order valence-corrected chi connectivity index (χ0v) is 18.3. The molecule has 3 rings (SSSR count). The van der Waals surface area contributed by atoms with E-state index >= 15 is 0 Å². The Morgan fingerprint density at radius 3 is 1.31 bits per heavy atom. The molecule has 0 unspecified atom stereocenters. The summed E-state index contributed by atoms with van der Waals surface area (Å²) in [5.41, 5.74) is 19.0. The van der Waals surface area contributed by atoms with Crippen molar-refractivity contribution >= 4 is 0 Å². The van der Waals surface area contributed by atoms with Crippen LogP contribution in [0.15, 0.2) is 60.7 Å². The van der Waals surface area contributed by atoms with E-state index in [1.807, 2.05) is 26.0 Å². The van der Waals surface area contributed by atoms with Crippen LogP contribution in [0.25, 0.3) is 22.3 Å². The molecule has 0 aromatic heterocycles. The Morgan fingerprint density at radius 2 is 0.938 bits per heavy atom. The molecule has 0 aliphatic carbocycles. The number of nitrogens with two attached hydrogens (primary N) is 2. The van der Waals surface area contributed by atoms with Gasteiger partial charge in [0, 0.05) is 22.3 Å². The molecule has 0 amide bonds. The minimum Gasteiger partial charge on any atom is -0.320 e. The summed E-state index contributed by atoms with van der Waals surface area (Å²) in [7, 11) is 0. The lowest BCUT2D eigenvalue weighted by Gasteiger charge is -2.09. The molecule has 0 aliphatic heterocycles. The normalized spacial score (nSPS) is 9.12. The Labute approximate surface area is 191 Å². The maximum Gasteiger partial charge on any atom is 0.0555 e. The first-order valence-electron chi connectivity index (χ1n) is 10.3. The van der Waals surface area contributed by atoms with Crippen molar-refractivity contribution in [2.45, 2.75) is 13.8 Å². The van der Waals surface area contributed by atoms with Crippen LogP contribution in [-0.2, 0) is 0 Å². The van der Waals surface area contributed by atoms with Gasteiger partial charge in [-0.3, -0.25) is 0 Å². The summed E-state index contributed by atoms with van der Waals surface area (Å²) in [4.78, 5) is 0. The summed E-state index contributed by atoms with van der Waals surface area (Å²) in [5.74, 6) is 24.3. The fraction of sp³-hybridized carbons (Fsp3) is 0.133. The lowest BCUT2D eigenvalue weighted by atomic mass is 9.95. The fourth-order valence-electron chi connectivity index (χ4n) is 3.35. The number of benzene rings is 3. The highest BCUT2D eigenvalue weighted by Crippen LogP contribution is 2.29. The molecule has 0 heterocycles. The van der Waals surface area contributed by atoms with E-state index in [4.69, 9.17) is 11.5 Å². The molecule has 3 aromatic carbocycles. The fourth-order valence-corrected chi connectivity index (χ4v) is 3.35. The van der Waals surface area contributed by atoms with Gasteiger partial charge in [-0.05, 0) is 78.6 Å². The second-order valence-electron chi connectivity index (χ2n) is 6.94. The molecule has 154 valence electrons. The molecule has 32 heavy (non-hydrogen) atoms. The third-order valence-corrected chi connectivity index (χ3v) is 4.60. The lowest BCUT2D eigenvalue weighted by Crippen LogP contribution is -1.93. The highest BCUT2D eigenvalue weighted by Gasteiger charge is 2.06. The average molecular weight is 413 g/mol. The second-order valence-corrected chi connectivity index (χ2v) is 6.94. The summed E-state index contributed by atoms with van der Waals surface area (Å²) in [6.45, 7) is 4.30. The standard InChI is InChI=1S/C30H24N2/c1-3-8-23-16-25(10-6-14-31)20-29(18-23)27-12-5-13-28(22-27)30-19-24(9-4-2)17-26(21-30)11-7-15-32/h5,12-13,16-22H,14-15,31-32H2,1-2H3. The zero-order valence-electron chi connectivity index (χ0n) is 18.3. The van der Waals surface area contributed by atoms with Gasteiger partial charge in [-0.2, -0.15) is 0 Å². The van der Waals surface area contributed by atoms with Gasteiger partial charge in [-0.15, -0.1) is 11.8 Å². The second kappa shape index (κ2) is 11.3. The first-order chi connectivity index (χ1) is 15.7. The molecule has 0 aliphatic rings. The van der Waals surface area contributed by atoms with Crippen LogP contribution < -0.4 is 11.5 Å². The maximum atomic E-state index is 5.56. The van der Waals surface area contributed by atoms with Crippen molar-refractivity contribution in [3.63, 3.8) is 0 Å². The van der Waals surface area contributed by atoms with Gasteiger partial charge in [-0.25, -0.2) is 0 Å². The molecule has 2 nitrogen and oxygen atoms in total. The summed E-state index contributed by atoms with van der Waals surface area (Å²) >= 11 is 0. The van der Waals surface area contributed by atoms with Gasteiger partial charge in [0.05, 0.1) is 13.1 Å². The minimum absolute atomic E-state index is 0.320. The molecule has 2 heteroatoms. The van der Waals surface area contributed by atoms with Crippen molar-refractivity contribution in [1.82, 2.24) is 0 Å². The van der Waals surface area contributed by atoms with Gasteiger partial charge in [0.15, 0.2) is 0 Å². The van der Waals surface area contributed by atoms with Gasteiger partial charge in [0.1, 0.15) is 0 Å². The Hall–Kier alpha value is -4.18. The van der Waals surface area contributed by atoms with Gasteiger partial charge in [0.2, 0.25) is 0 Å². The third kappa shape index (κ3) is 5.92. The molecular weight excluding hydrogens is 388 g/mol. The average Bonchev–Trinajstić information content (AvgIpc) is 2.81. The van der Waals surface area contributed by atoms with Crippen LogP contribution in [-0.4, -0.2) is 13.1 Å². The van der Waals surface area contributed by atoms with E-state index < -0.39 is 0 Å². The third-order valence-electron chi connectivity index (χ3n) is 4.60. The van der Waals surface area contributed by atoms with E-state index in [9.17, 15) is 0 Å². The predicted molar refractivity (Wildman–Crippen MR) is 134 cm³/mol. The maximum absolute atomic E-state index is 5.56. The Kier molecular flexibility index (Phi) is 7.93. The molecule has 4 N–H and O–H groups in total. The van der Waals surface area contributed by atoms with Crippen LogP contribution in [0, 0.1) is 47.4 Å². The van der Waals surface area contributed by atoms with E-state index in [-0.39, 0.29) is 0 Å². The van der Waals surface area contributed by atoms with Crippen LogP contribution in [0.2, 0.25) is 0 Å². The molecule has 0 atom stereocenters. The molecule has 0 bridgehead atoms. The molecule has 0 radical (unpaired) electrons. The van der Waals surface area contributed by atoms with Crippen LogP contribution in [0.4, 0.5) is 0 Å². The van der Waals surface area contributed by atoms with Crippen LogP contribution >= 0.6 is 0 Å². The highest BCUT2D eigenvalue weighted by atomic mass is 14.5. The van der Waals surface area contributed by atoms with Crippen molar-refractivity contribution in [3.8, 4) is 69.6 Å². The van der Waals surface area contributed by atoms with Crippen molar-refractivity contribution in [2.75, 3.05) is 13.1 Å². The van der Waals surface area contributed by atoms with Gasteiger partial charge < -0.3 is 11.5 Å². The lowest BCUT2D eigenvalue weighted by molar-refractivity contribution is 1.30. The summed E-state index contributed by atoms with van der Waals surface area (Å²) in [6.07, 6.45) is 0. The smallest absolute Gasteiger partial charge is 0.0555 e. The number of hydrogen-bond donors (Lipinski definition) is 2. The Bertz CT molecular complexity index is 1280. The van der Waals surface area contributed by atoms with Gasteiger partial charge in [-0.1, -0.05) is 53.7 Å².